The van der Waals surface area contributed by atoms with E-state index in [-0.39, 0.29) is 11.2 Å². The quantitative estimate of drug-likeness (QED) is 0.335. The highest BCUT2D eigenvalue weighted by molar-refractivity contribution is 7.78. The summed E-state index contributed by atoms with van der Waals surface area (Å²) in [5, 5.41) is 2.48. The van der Waals surface area contributed by atoms with Crippen LogP contribution in [0, 0.1) is 0 Å². The third kappa shape index (κ3) is 5.23. The van der Waals surface area contributed by atoms with Crippen LogP contribution in [0.5, 0.6) is 0 Å². The van der Waals surface area contributed by atoms with Crippen molar-refractivity contribution in [2.45, 2.75) is 70.9 Å². The van der Waals surface area contributed by atoms with Gasteiger partial charge in [-0.05, 0) is 31.5 Å². The van der Waals surface area contributed by atoms with Gasteiger partial charge in [-0.2, -0.15) is 0 Å². The smallest absolute Gasteiger partial charge is 0.328 e. The lowest BCUT2D eigenvalue weighted by molar-refractivity contribution is 0.504. The lowest BCUT2D eigenvalue weighted by atomic mass is 10.0. The van der Waals surface area contributed by atoms with Crippen LogP contribution in [-0.4, -0.2) is 29.9 Å². The number of imidazole rings is 1. The number of rotatable bonds is 11. The fraction of sp³-hybridized carbons (Fsp3) is 0.684. The summed E-state index contributed by atoms with van der Waals surface area (Å²) in [5.74, 6) is 0. The highest BCUT2D eigenvalue weighted by Gasteiger charge is 2.14. The molecule has 2 rings (SSSR count). The Labute approximate surface area is 164 Å². The average molecular weight is 392 g/mol. The standard InChI is InChI=1S/C19H29N5O2S/c1-4-15(21-14-27)11-9-7-5-6-8-10-12-24-18(25)16-17(20-13-22(16)2)23(3)19(24)26/h13,15H,4-12H2,1-3H3. The van der Waals surface area contributed by atoms with Crippen molar-refractivity contribution in [3.05, 3.63) is 27.2 Å². The van der Waals surface area contributed by atoms with Crippen LogP contribution in [0.25, 0.3) is 11.2 Å². The van der Waals surface area contributed by atoms with E-state index in [1.54, 1.807) is 25.0 Å². The van der Waals surface area contributed by atoms with Crippen molar-refractivity contribution in [1.82, 2.24) is 18.7 Å². The summed E-state index contributed by atoms with van der Waals surface area (Å²) in [5.41, 5.74) is 0.363. The molecular formula is C19H29N5O2S. The molecule has 1 unspecified atom stereocenters. The second kappa shape index (κ2) is 10.3. The van der Waals surface area contributed by atoms with Crippen molar-refractivity contribution in [1.29, 1.82) is 0 Å². The Balaban J connectivity index is 1.80. The Morgan fingerprint density at radius 3 is 2.48 bits per heavy atom. The maximum absolute atomic E-state index is 12.6. The number of hydrogen-bond acceptors (Lipinski definition) is 5. The first-order valence-electron chi connectivity index (χ1n) is 9.69. The molecule has 0 aromatic carbocycles. The summed E-state index contributed by atoms with van der Waals surface area (Å²) in [6.45, 7) is 2.57. The average Bonchev–Trinajstić information content (AvgIpc) is 3.05. The number of fused-ring (bicyclic) bond motifs is 1. The Hall–Kier alpha value is -2.05. The van der Waals surface area contributed by atoms with E-state index >= 15 is 0 Å². The molecule has 0 aliphatic rings. The number of aryl methyl sites for hydroxylation is 2. The number of hydrogen-bond donors (Lipinski definition) is 0. The van der Waals surface area contributed by atoms with Gasteiger partial charge < -0.3 is 4.57 Å². The van der Waals surface area contributed by atoms with E-state index in [1.165, 1.54) is 15.6 Å². The van der Waals surface area contributed by atoms with Crippen molar-refractivity contribution < 1.29 is 0 Å². The largest absolute Gasteiger partial charge is 0.332 e. The lowest BCUT2D eigenvalue weighted by Crippen LogP contribution is -2.39. The lowest BCUT2D eigenvalue weighted by Gasteiger charge is -2.09. The minimum atomic E-state index is -0.295. The van der Waals surface area contributed by atoms with E-state index in [0.29, 0.717) is 23.8 Å². The molecule has 0 saturated heterocycles. The van der Waals surface area contributed by atoms with Crippen molar-refractivity contribution in [2.24, 2.45) is 19.1 Å². The van der Waals surface area contributed by atoms with Gasteiger partial charge in [-0.3, -0.25) is 13.9 Å². The molecule has 0 fully saturated rings. The molecule has 0 radical (unpaired) electrons. The van der Waals surface area contributed by atoms with Crippen molar-refractivity contribution in [3.8, 4) is 0 Å². The zero-order chi connectivity index (χ0) is 19.8. The molecule has 2 aromatic heterocycles. The number of thiocarbonyl (C=S) groups is 1. The second-order valence-corrected chi connectivity index (χ2v) is 7.20. The van der Waals surface area contributed by atoms with E-state index in [0.717, 1.165) is 44.9 Å². The molecule has 2 aromatic rings. The van der Waals surface area contributed by atoms with Gasteiger partial charge >= 0.3 is 5.69 Å². The minimum absolute atomic E-state index is 0.252. The minimum Gasteiger partial charge on any atom is -0.328 e. The molecular weight excluding hydrogens is 362 g/mol. The molecule has 1 atom stereocenters. The zero-order valence-electron chi connectivity index (χ0n) is 16.5. The molecule has 2 heterocycles. The van der Waals surface area contributed by atoms with E-state index in [1.807, 2.05) is 0 Å². The normalized spacial score (nSPS) is 12.3. The molecule has 0 amide bonds. The monoisotopic (exact) mass is 391 g/mol. The predicted octanol–water partition coefficient (Wildman–Crippen LogP) is 3.05. The first-order valence-corrected chi connectivity index (χ1v) is 10.1. The van der Waals surface area contributed by atoms with Crippen LogP contribution in [0.15, 0.2) is 20.9 Å². The Bertz CT molecular complexity index is 921. The molecule has 0 saturated carbocycles. The summed E-state index contributed by atoms with van der Waals surface area (Å²) in [4.78, 5) is 33.3. The Morgan fingerprint density at radius 1 is 1.15 bits per heavy atom. The Morgan fingerprint density at radius 2 is 1.81 bits per heavy atom. The highest BCUT2D eigenvalue weighted by Crippen LogP contribution is 2.12. The van der Waals surface area contributed by atoms with Crippen molar-refractivity contribution >= 4 is 28.5 Å². The number of nitrogens with zero attached hydrogens (tertiary/aromatic N) is 5. The van der Waals surface area contributed by atoms with Crippen LogP contribution >= 0.6 is 12.2 Å². The first-order chi connectivity index (χ1) is 13.0. The summed E-state index contributed by atoms with van der Waals surface area (Å²) in [7, 11) is 3.43. The van der Waals surface area contributed by atoms with Crippen molar-refractivity contribution in [2.75, 3.05) is 0 Å². The van der Waals surface area contributed by atoms with E-state index < -0.39 is 0 Å². The highest BCUT2D eigenvalue weighted by atomic mass is 32.1. The van der Waals surface area contributed by atoms with Gasteiger partial charge in [0.2, 0.25) is 0 Å². The molecule has 0 aliphatic carbocycles. The third-order valence-corrected chi connectivity index (χ3v) is 5.18. The molecule has 7 nitrogen and oxygen atoms in total. The molecule has 0 bridgehead atoms. The number of isothiocyanates is 1. The third-order valence-electron chi connectivity index (χ3n) is 5.08. The van der Waals surface area contributed by atoms with Gasteiger partial charge in [0.1, 0.15) is 0 Å². The maximum atomic E-state index is 12.6. The fourth-order valence-electron chi connectivity index (χ4n) is 3.38. The number of aliphatic imine (C=N–C) groups is 1. The van der Waals surface area contributed by atoms with E-state index in [2.05, 4.69) is 34.3 Å². The SMILES string of the molecule is CCC(CCCCCCCCn1c(=O)c2c(ncn2C)n(C)c1=O)N=C=S. The number of unbranched alkanes of at least 4 members (excludes halogenated alkanes) is 5. The maximum Gasteiger partial charge on any atom is 0.332 e. The van der Waals surface area contributed by atoms with E-state index in [9.17, 15) is 9.59 Å². The van der Waals surface area contributed by atoms with Gasteiger partial charge in [-0.25, -0.2) is 14.8 Å². The fourth-order valence-corrected chi connectivity index (χ4v) is 3.53. The van der Waals surface area contributed by atoms with Crippen LogP contribution in [0.1, 0.15) is 58.3 Å². The van der Waals surface area contributed by atoms with Gasteiger partial charge in [-0.1, -0.05) is 39.0 Å². The topological polar surface area (TPSA) is 74.2 Å². The first kappa shape index (κ1) is 21.3. The van der Waals surface area contributed by atoms with E-state index in [4.69, 9.17) is 0 Å². The summed E-state index contributed by atoms with van der Waals surface area (Å²) in [6.07, 6.45) is 10.1. The van der Waals surface area contributed by atoms with Crippen LogP contribution in [0.2, 0.25) is 0 Å². The molecule has 148 valence electrons. The second-order valence-electron chi connectivity index (χ2n) is 7.02. The van der Waals surface area contributed by atoms with Gasteiger partial charge in [0.15, 0.2) is 11.2 Å². The van der Waals surface area contributed by atoms with Crippen LogP contribution in [0.4, 0.5) is 0 Å². The molecule has 27 heavy (non-hydrogen) atoms. The van der Waals surface area contributed by atoms with Crippen LogP contribution in [0.3, 0.4) is 0 Å². The molecule has 0 aliphatic heterocycles. The van der Waals surface area contributed by atoms with Gasteiger partial charge in [0.05, 0.1) is 17.5 Å². The molecule has 8 heteroatoms. The summed E-state index contributed by atoms with van der Waals surface area (Å²) < 4.78 is 4.45. The molecule has 0 spiro atoms. The number of aromatic nitrogens is 4. The van der Waals surface area contributed by atoms with Crippen LogP contribution < -0.4 is 11.2 Å². The summed E-state index contributed by atoms with van der Waals surface area (Å²) in [6, 6.07) is 0.313. The van der Waals surface area contributed by atoms with Gasteiger partial charge in [-0.15, -0.1) is 0 Å². The zero-order valence-corrected chi connectivity index (χ0v) is 17.3. The Kier molecular flexibility index (Phi) is 8.13. The van der Waals surface area contributed by atoms with Crippen LogP contribution in [-0.2, 0) is 20.6 Å². The predicted molar refractivity (Wildman–Crippen MR) is 112 cm³/mol. The van der Waals surface area contributed by atoms with Gasteiger partial charge in [0.25, 0.3) is 5.56 Å². The van der Waals surface area contributed by atoms with Crippen molar-refractivity contribution in [3.63, 3.8) is 0 Å². The van der Waals surface area contributed by atoms with Gasteiger partial charge in [0, 0.05) is 20.6 Å². The molecule has 0 N–H and O–H groups in total. The summed E-state index contributed by atoms with van der Waals surface area (Å²) >= 11 is 4.67.